The first-order valence-corrected chi connectivity index (χ1v) is 8.38. The SMILES string of the molecule is NC1CCC(C(=O)NCC2(c3ccc(F)cc3)CCCC2)C1. The van der Waals surface area contributed by atoms with Crippen molar-refractivity contribution in [1.29, 1.82) is 0 Å². The molecule has 0 bridgehead atoms. The molecule has 2 aliphatic carbocycles. The topological polar surface area (TPSA) is 55.1 Å². The number of amides is 1. The average molecular weight is 304 g/mol. The van der Waals surface area contributed by atoms with Gasteiger partial charge in [-0.3, -0.25) is 4.79 Å². The highest BCUT2D eigenvalue weighted by Crippen LogP contribution is 2.40. The van der Waals surface area contributed by atoms with E-state index in [1.165, 1.54) is 25.0 Å². The monoisotopic (exact) mass is 304 g/mol. The van der Waals surface area contributed by atoms with Gasteiger partial charge >= 0.3 is 0 Å². The van der Waals surface area contributed by atoms with Crippen molar-refractivity contribution in [2.75, 3.05) is 6.54 Å². The third-order valence-corrected chi connectivity index (χ3v) is 5.46. The minimum absolute atomic E-state index is 0.0237. The molecule has 2 saturated carbocycles. The summed E-state index contributed by atoms with van der Waals surface area (Å²) >= 11 is 0. The highest BCUT2D eigenvalue weighted by Gasteiger charge is 2.37. The van der Waals surface area contributed by atoms with Crippen LogP contribution in [-0.4, -0.2) is 18.5 Å². The van der Waals surface area contributed by atoms with Crippen LogP contribution in [0.25, 0.3) is 0 Å². The maximum absolute atomic E-state index is 13.2. The van der Waals surface area contributed by atoms with Gasteiger partial charge < -0.3 is 11.1 Å². The van der Waals surface area contributed by atoms with E-state index in [9.17, 15) is 9.18 Å². The molecule has 1 amide bonds. The van der Waals surface area contributed by atoms with Crippen LogP contribution in [0, 0.1) is 11.7 Å². The Morgan fingerprint density at radius 3 is 2.50 bits per heavy atom. The predicted octanol–water partition coefficient (Wildman–Crippen LogP) is 2.88. The maximum atomic E-state index is 13.2. The van der Waals surface area contributed by atoms with Crippen LogP contribution >= 0.6 is 0 Å². The van der Waals surface area contributed by atoms with Gasteiger partial charge in [-0.25, -0.2) is 4.39 Å². The third kappa shape index (κ3) is 3.17. The molecule has 0 saturated heterocycles. The van der Waals surface area contributed by atoms with Gasteiger partial charge in [-0.15, -0.1) is 0 Å². The van der Waals surface area contributed by atoms with Crippen molar-refractivity contribution >= 4 is 5.91 Å². The van der Waals surface area contributed by atoms with E-state index >= 15 is 0 Å². The Labute approximate surface area is 131 Å². The normalized spacial score (nSPS) is 27.0. The summed E-state index contributed by atoms with van der Waals surface area (Å²) in [6, 6.07) is 6.96. The fourth-order valence-corrected chi connectivity index (χ4v) is 4.08. The third-order valence-electron chi connectivity index (χ3n) is 5.46. The van der Waals surface area contributed by atoms with Crippen molar-refractivity contribution in [3.05, 3.63) is 35.6 Å². The zero-order valence-corrected chi connectivity index (χ0v) is 13.0. The number of nitrogens with one attached hydrogen (secondary N) is 1. The molecular formula is C18H25FN2O. The van der Waals surface area contributed by atoms with Crippen LogP contribution in [0.1, 0.15) is 50.5 Å². The second-order valence-corrected chi connectivity index (χ2v) is 6.98. The minimum atomic E-state index is -0.208. The average Bonchev–Trinajstić information content (AvgIpc) is 3.15. The molecule has 22 heavy (non-hydrogen) atoms. The van der Waals surface area contributed by atoms with Gasteiger partial charge in [0, 0.05) is 23.9 Å². The zero-order valence-electron chi connectivity index (χ0n) is 13.0. The molecule has 4 heteroatoms. The van der Waals surface area contributed by atoms with Gasteiger partial charge in [0.25, 0.3) is 0 Å². The Morgan fingerprint density at radius 1 is 1.23 bits per heavy atom. The van der Waals surface area contributed by atoms with Crippen molar-refractivity contribution in [2.24, 2.45) is 11.7 Å². The lowest BCUT2D eigenvalue weighted by molar-refractivity contribution is -0.125. The molecule has 1 aromatic carbocycles. The van der Waals surface area contributed by atoms with Gasteiger partial charge in [0.15, 0.2) is 0 Å². The second kappa shape index (κ2) is 6.37. The highest BCUT2D eigenvalue weighted by molar-refractivity contribution is 5.79. The number of hydrogen-bond donors (Lipinski definition) is 2. The molecule has 1 aromatic rings. The van der Waals surface area contributed by atoms with Gasteiger partial charge in [-0.2, -0.15) is 0 Å². The van der Waals surface area contributed by atoms with E-state index < -0.39 is 0 Å². The molecule has 2 fully saturated rings. The van der Waals surface area contributed by atoms with Gasteiger partial charge in [0.1, 0.15) is 5.82 Å². The number of rotatable bonds is 4. The Bertz CT molecular complexity index is 522. The smallest absolute Gasteiger partial charge is 0.223 e. The number of halogens is 1. The lowest BCUT2D eigenvalue weighted by Gasteiger charge is -2.30. The number of carbonyl (C=O) groups is 1. The van der Waals surface area contributed by atoms with Crippen LogP contribution in [-0.2, 0) is 10.2 Å². The summed E-state index contributed by atoms with van der Waals surface area (Å²) < 4.78 is 13.2. The van der Waals surface area contributed by atoms with Crippen LogP contribution in [0.2, 0.25) is 0 Å². The second-order valence-electron chi connectivity index (χ2n) is 6.98. The van der Waals surface area contributed by atoms with E-state index in [0.717, 1.165) is 37.7 Å². The first kappa shape index (κ1) is 15.5. The van der Waals surface area contributed by atoms with Crippen molar-refractivity contribution in [3.8, 4) is 0 Å². The molecule has 0 aliphatic heterocycles. The molecule has 2 aliphatic rings. The summed E-state index contributed by atoms with van der Waals surface area (Å²) in [7, 11) is 0. The first-order chi connectivity index (χ1) is 10.6. The van der Waals surface area contributed by atoms with Crippen LogP contribution < -0.4 is 11.1 Å². The summed E-state index contributed by atoms with van der Waals surface area (Å²) in [5.41, 5.74) is 7.02. The van der Waals surface area contributed by atoms with Crippen molar-refractivity contribution in [1.82, 2.24) is 5.32 Å². The fourth-order valence-electron chi connectivity index (χ4n) is 4.08. The largest absolute Gasteiger partial charge is 0.355 e. The molecule has 3 rings (SSSR count). The first-order valence-electron chi connectivity index (χ1n) is 8.38. The molecule has 120 valence electrons. The van der Waals surface area contributed by atoms with Crippen LogP contribution in [0.5, 0.6) is 0 Å². The van der Waals surface area contributed by atoms with Crippen LogP contribution in [0.4, 0.5) is 4.39 Å². The molecule has 0 aromatic heterocycles. The standard InChI is InChI=1S/C18H25FN2O/c19-15-6-4-14(5-7-15)18(9-1-2-10-18)12-21-17(22)13-3-8-16(20)11-13/h4-7,13,16H,1-3,8-12,20H2,(H,21,22). The number of hydrogen-bond acceptors (Lipinski definition) is 2. The Kier molecular flexibility index (Phi) is 4.48. The zero-order chi connectivity index (χ0) is 15.6. The predicted molar refractivity (Wildman–Crippen MR) is 84.9 cm³/mol. The number of benzene rings is 1. The van der Waals surface area contributed by atoms with Gasteiger partial charge in [0.05, 0.1) is 0 Å². The summed E-state index contributed by atoms with van der Waals surface area (Å²) in [5.74, 6) is 0.00360. The molecule has 0 heterocycles. The molecule has 2 atom stereocenters. The molecule has 2 unspecified atom stereocenters. The minimum Gasteiger partial charge on any atom is -0.355 e. The van der Waals surface area contributed by atoms with E-state index in [0.29, 0.717) is 6.54 Å². The Morgan fingerprint density at radius 2 is 1.91 bits per heavy atom. The van der Waals surface area contributed by atoms with Crippen molar-refractivity contribution in [3.63, 3.8) is 0 Å². The molecule has 3 nitrogen and oxygen atoms in total. The number of carbonyl (C=O) groups excluding carboxylic acids is 1. The Hall–Kier alpha value is -1.42. The number of nitrogens with two attached hydrogens (primary N) is 1. The van der Waals surface area contributed by atoms with Gasteiger partial charge in [0.2, 0.25) is 5.91 Å². The quantitative estimate of drug-likeness (QED) is 0.898. The summed E-state index contributed by atoms with van der Waals surface area (Å²) in [6.45, 7) is 0.656. The summed E-state index contributed by atoms with van der Waals surface area (Å²) in [5, 5.41) is 3.15. The van der Waals surface area contributed by atoms with E-state index in [4.69, 9.17) is 5.73 Å². The molecule has 0 radical (unpaired) electrons. The van der Waals surface area contributed by atoms with Crippen molar-refractivity contribution in [2.45, 2.75) is 56.4 Å². The Balaban J connectivity index is 1.67. The van der Waals surface area contributed by atoms with Crippen LogP contribution in [0.3, 0.4) is 0 Å². The van der Waals surface area contributed by atoms with E-state index in [1.807, 2.05) is 12.1 Å². The van der Waals surface area contributed by atoms with E-state index in [1.54, 1.807) is 0 Å². The highest BCUT2D eigenvalue weighted by atomic mass is 19.1. The summed E-state index contributed by atoms with van der Waals surface area (Å²) in [4.78, 5) is 12.3. The van der Waals surface area contributed by atoms with E-state index in [-0.39, 0.29) is 29.1 Å². The maximum Gasteiger partial charge on any atom is 0.223 e. The lowest BCUT2D eigenvalue weighted by Crippen LogP contribution is -2.41. The molecular weight excluding hydrogens is 279 g/mol. The molecule has 0 spiro atoms. The lowest BCUT2D eigenvalue weighted by atomic mass is 9.78. The van der Waals surface area contributed by atoms with Crippen LogP contribution in [0.15, 0.2) is 24.3 Å². The summed E-state index contributed by atoms with van der Waals surface area (Å²) in [6.07, 6.45) is 7.10. The van der Waals surface area contributed by atoms with Gasteiger partial charge in [-0.05, 0) is 49.8 Å². The molecule has 3 N–H and O–H groups in total. The van der Waals surface area contributed by atoms with E-state index in [2.05, 4.69) is 5.32 Å². The fraction of sp³-hybridized carbons (Fsp3) is 0.611. The van der Waals surface area contributed by atoms with Crippen molar-refractivity contribution < 1.29 is 9.18 Å². The van der Waals surface area contributed by atoms with Gasteiger partial charge in [-0.1, -0.05) is 25.0 Å².